The van der Waals surface area contributed by atoms with Crippen molar-refractivity contribution in [1.82, 2.24) is 14.5 Å². The lowest BCUT2D eigenvalue weighted by Gasteiger charge is -2.11. The minimum absolute atomic E-state index is 0.734. The van der Waals surface area contributed by atoms with Gasteiger partial charge in [-0.1, -0.05) is 11.8 Å². The van der Waals surface area contributed by atoms with Crippen molar-refractivity contribution in [1.29, 1.82) is 0 Å². The number of ether oxygens (including phenoxy) is 1. The standard InChI is InChI=1S/C12H23N3OS/c1-10-11(2)15(6-8-16-5)12(13-10)17-9-7-14(3)4/h6-9H2,1-5H3. The molecule has 0 aromatic carbocycles. The van der Waals surface area contributed by atoms with Crippen LogP contribution in [0.3, 0.4) is 0 Å². The van der Waals surface area contributed by atoms with E-state index in [9.17, 15) is 0 Å². The Bertz CT molecular complexity index is 350. The Morgan fingerprint density at radius 2 is 2.06 bits per heavy atom. The Hall–Kier alpha value is -0.520. The number of methoxy groups -OCH3 is 1. The van der Waals surface area contributed by atoms with Gasteiger partial charge in [-0.3, -0.25) is 0 Å². The van der Waals surface area contributed by atoms with Crippen LogP contribution in [0.15, 0.2) is 5.16 Å². The molecule has 0 fully saturated rings. The molecule has 0 atom stereocenters. The Morgan fingerprint density at radius 1 is 1.35 bits per heavy atom. The van der Waals surface area contributed by atoms with Gasteiger partial charge in [0.1, 0.15) is 0 Å². The first-order chi connectivity index (χ1) is 8.06. The van der Waals surface area contributed by atoms with Crippen LogP contribution in [0, 0.1) is 13.8 Å². The number of imidazole rings is 1. The quantitative estimate of drug-likeness (QED) is 0.697. The molecule has 0 aliphatic carbocycles. The third-order valence-corrected chi connectivity index (χ3v) is 3.67. The summed E-state index contributed by atoms with van der Waals surface area (Å²) in [5, 5.41) is 1.11. The van der Waals surface area contributed by atoms with E-state index in [1.807, 2.05) is 11.8 Å². The van der Waals surface area contributed by atoms with Crippen molar-refractivity contribution < 1.29 is 4.74 Å². The highest BCUT2D eigenvalue weighted by Gasteiger charge is 2.11. The fourth-order valence-corrected chi connectivity index (χ4v) is 2.72. The van der Waals surface area contributed by atoms with Gasteiger partial charge in [-0.2, -0.15) is 0 Å². The molecule has 17 heavy (non-hydrogen) atoms. The van der Waals surface area contributed by atoms with E-state index in [1.165, 1.54) is 5.69 Å². The van der Waals surface area contributed by atoms with E-state index in [2.05, 4.69) is 42.4 Å². The number of hydrogen-bond donors (Lipinski definition) is 0. The zero-order valence-electron chi connectivity index (χ0n) is 11.5. The summed E-state index contributed by atoms with van der Waals surface area (Å²) in [7, 11) is 5.92. The smallest absolute Gasteiger partial charge is 0.168 e. The van der Waals surface area contributed by atoms with Crippen LogP contribution < -0.4 is 0 Å². The molecule has 0 bridgehead atoms. The summed E-state index contributed by atoms with van der Waals surface area (Å²) in [5.74, 6) is 1.07. The van der Waals surface area contributed by atoms with Crippen LogP contribution in [0.2, 0.25) is 0 Å². The number of thioether (sulfide) groups is 1. The van der Waals surface area contributed by atoms with Gasteiger partial charge >= 0.3 is 0 Å². The van der Waals surface area contributed by atoms with E-state index in [-0.39, 0.29) is 0 Å². The highest BCUT2D eigenvalue weighted by Crippen LogP contribution is 2.20. The minimum atomic E-state index is 0.734. The highest BCUT2D eigenvalue weighted by atomic mass is 32.2. The van der Waals surface area contributed by atoms with Crippen LogP contribution in [0.25, 0.3) is 0 Å². The second-order valence-electron chi connectivity index (χ2n) is 4.36. The van der Waals surface area contributed by atoms with E-state index in [0.29, 0.717) is 0 Å². The third kappa shape index (κ3) is 4.33. The number of hydrogen-bond acceptors (Lipinski definition) is 4. The molecular formula is C12H23N3OS. The second kappa shape index (κ2) is 7.03. The molecule has 98 valence electrons. The molecule has 5 heteroatoms. The van der Waals surface area contributed by atoms with Gasteiger partial charge in [0, 0.05) is 31.6 Å². The van der Waals surface area contributed by atoms with Gasteiger partial charge in [-0.25, -0.2) is 4.98 Å². The largest absolute Gasteiger partial charge is 0.383 e. The molecule has 1 rings (SSSR count). The van der Waals surface area contributed by atoms with Gasteiger partial charge in [0.25, 0.3) is 0 Å². The topological polar surface area (TPSA) is 30.3 Å². The summed E-state index contributed by atoms with van der Waals surface area (Å²) in [6, 6.07) is 0. The number of aromatic nitrogens is 2. The number of rotatable bonds is 7. The summed E-state index contributed by atoms with van der Waals surface area (Å²) in [4.78, 5) is 6.80. The predicted molar refractivity (Wildman–Crippen MR) is 72.9 cm³/mol. The monoisotopic (exact) mass is 257 g/mol. The molecule has 0 radical (unpaired) electrons. The summed E-state index contributed by atoms with van der Waals surface area (Å²) in [5.41, 5.74) is 2.36. The molecule has 1 aromatic heterocycles. The lowest BCUT2D eigenvalue weighted by atomic mass is 10.4. The first-order valence-electron chi connectivity index (χ1n) is 5.86. The van der Waals surface area contributed by atoms with Crippen molar-refractivity contribution in [2.45, 2.75) is 25.5 Å². The molecule has 0 spiro atoms. The van der Waals surface area contributed by atoms with E-state index in [0.717, 1.165) is 36.3 Å². The van der Waals surface area contributed by atoms with Crippen LogP contribution in [0.5, 0.6) is 0 Å². The molecule has 0 saturated heterocycles. The van der Waals surface area contributed by atoms with Crippen molar-refractivity contribution in [3.05, 3.63) is 11.4 Å². The average Bonchev–Trinajstić information content (AvgIpc) is 2.52. The predicted octanol–water partition coefficient (Wildman–Crippen LogP) is 1.80. The molecular weight excluding hydrogens is 234 g/mol. The van der Waals surface area contributed by atoms with Gasteiger partial charge in [0.05, 0.1) is 12.3 Å². The van der Waals surface area contributed by atoms with Gasteiger partial charge < -0.3 is 14.2 Å². The lowest BCUT2D eigenvalue weighted by molar-refractivity contribution is 0.184. The summed E-state index contributed by atoms with van der Waals surface area (Å²) >= 11 is 1.82. The van der Waals surface area contributed by atoms with Crippen molar-refractivity contribution in [2.24, 2.45) is 0 Å². The molecule has 1 aromatic rings. The van der Waals surface area contributed by atoms with Gasteiger partial charge in [-0.05, 0) is 27.9 Å². The third-order valence-electron chi connectivity index (χ3n) is 2.71. The van der Waals surface area contributed by atoms with E-state index >= 15 is 0 Å². The molecule has 0 aliphatic rings. The maximum absolute atomic E-state index is 5.14. The highest BCUT2D eigenvalue weighted by molar-refractivity contribution is 7.99. The van der Waals surface area contributed by atoms with Crippen LogP contribution >= 0.6 is 11.8 Å². The van der Waals surface area contributed by atoms with Gasteiger partial charge in [0.2, 0.25) is 0 Å². The van der Waals surface area contributed by atoms with Gasteiger partial charge in [-0.15, -0.1) is 0 Å². The van der Waals surface area contributed by atoms with Crippen LogP contribution in [0.1, 0.15) is 11.4 Å². The molecule has 4 nitrogen and oxygen atoms in total. The zero-order chi connectivity index (χ0) is 12.8. The molecule has 0 saturated carbocycles. The van der Waals surface area contributed by atoms with Crippen molar-refractivity contribution >= 4 is 11.8 Å². The molecule has 0 aliphatic heterocycles. The first kappa shape index (κ1) is 14.5. The zero-order valence-corrected chi connectivity index (χ0v) is 12.3. The Morgan fingerprint density at radius 3 is 2.65 bits per heavy atom. The van der Waals surface area contributed by atoms with E-state index in [4.69, 9.17) is 4.74 Å². The summed E-state index contributed by atoms with van der Waals surface area (Å²) in [6.45, 7) is 6.87. The summed E-state index contributed by atoms with van der Waals surface area (Å²) < 4.78 is 7.39. The Labute approximate surface area is 108 Å². The van der Waals surface area contributed by atoms with Gasteiger partial charge in [0.15, 0.2) is 5.16 Å². The lowest BCUT2D eigenvalue weighted by Crippen LogP contribution is -2.15. The SMILES string of the molecule is COCCn1c(SCCN(C)C)nc(C)c1C. The Balaban J connectivity index is 2.65. The van der Waals surface area contributed by atoms with E-state index < -0.39 is 0 Å². The normalized spacial score (nSPS) is 11.4. The maximum Gasteiger partial charge on any atom is 0.168 e. The van der Waals surface area contributed by atoms with Crippen molar-refractivity contribution in [2.75, 3.05) is 40.1 Å². The van der Waals surface area contributed by atoms with Crippen LogP contribution in [-0.2, 0) is 11.3 Å². The fraction of sp³-hybridized carbons (Fsp3) is 0.750. The molecule has 0 amide bonds. The molecule has 0 unspecified atom stereocenters. The maximum atomic E-state index is 5.14. The molecule has 0 N–H and O–H groups in total. The van der Waals surface area contributed by atoms with Crippen molar-refractivity contribution in [3.8, 4) is 0 Å². The van der Waals surface area contributed by atoms with E-state index in [1.54, 1.807) is 7.11 Å². The second-order valence-corrected chi connectivity index (χ2v) is 5.42. The molecule has 1 heterocycles. The number of nitrogens with zero attached hydrogens (tertiary/aromatic N) is 3. The summed E-state index contributed by atoms with van der Waals surface area (Å²) in [6.07, 6.45) is 0. The average molecular weight is 257 g/mol. The first-order valence-corrected chi connectivity index (χ1v) is 6.85. The minimum Gasteiger partial charge on any atom is -0.383 e. The van der Waals surface area contributed by atoms with Crippen LogP contribution in [0.4, 0.5) is 0 Å². The van der Waals surface area contributed by atoms with Crippen LogP contribution in [-0.4, -0.2) is 54.6 Å². The fourth-order valence-electron chi connectivity index (χ4n) is 1.50. The Kier molecular flexibility index (Phi) is 6.02. The number of aryl methyl sites for hydroxylation is 1. The van der Waals surface area contributed by atoms with Crippen molar-refractivity contribution in [3.63, 3.8) is 0 Å².